The Morgan fingerprint density at radius 1 is 1.03 bits per heavy atom. The molecule has 6 rings (SSSR count). The maximum Gasteiger partial charge on any atom is 0.264 e. The molecule has 3 amide bonds. The maximum absolute atomic E-state index is 13.9. The lowest BCUT2D eigenvalue weighted by Gasteiger charge is -2.34. The topological polar surface area (TPSA) is 69.7 Å². The fourth-order valence-corrected chi connectivity index (χ4v) is 7.39. The molecule has 2 aromatic carbocycles. The minimum Gasteiger partial charge on any atom is -0.352 e. The van der Waals surface area contributed by atoms with Crippen LogP contribution >= 0.6 is 27.3 Å². The van der Waals surface area contributed by atoms with E-state index in [1.54, 1.807) is 0 Å². The molecule has 184 valence electrons. The van der Waals surface area contributed by atoms with Crippen LogP contribution in [0, 0.1) is 11.8 Å². The van der Waals surface area contributed by atoms with Gasteiger partial charge in [0.2, 0.25) is 11.8 Å². The lowest BCUT2D eigenvalue weighted by molar-refractivity contribution is -0.138. The first-order valence-corrected chi connectivity index (χ1v) is 13.9. The quantitative estimate of drug-likeness (QED) is 0.481. The standard InChI is InChI=1S/C28H26BrN3O3S/c29-20-10-8-18(9-11-20)15-30-25(33)23-21-12-13-28(32(21)26(34)22-7-4-14-36-22)17-31(27(35)24(23)28)16-19-5-2-1-3-6-19/h1-11,14,21,23-24H,12-13,15-17H2,(H,30,33)/t21-,23+,24+,28-/m1/s1. The van der Waals surface area contributed by atoms with Crippen molar-refractivity contribution in [1.82, 2.24) is 15.1 Å². The number of amides is 3. The van der Waals surface area contributed by atoms with Gasteiger partial charge in [0.1, 0.15) is 0 Å². The van der Waals surface area contributed by atoms with E-state index >= 15 is 0 Å². The Balaban J connectivity index is 1.31. The molecule has 0 saturated carbocycles. The Labute approximate surface area is 222 Å². The van der Waals surface area contributed by atoms with E-state index in [0.29, 0.717) is 24.5 Å². The number of carbonyl (C=O) groups is 3. The number of halogens is 1. The van der Waals surface area contributed by atoms with Crippen molar-refractivity contribution >= 4 is 45.0 Å². The summed E-state index contributed by atoms with van der Waals surface area (Å²) < 4.78 is 0.977. The third-order valence-corrected chi connectivity index (χ3v) is 9.32. The summed E-state index contributed by atoms with van der Waals surface area (Å²) >= 11 is 4.85. The van der Waals surface area contributed by atoms with Crippen LogP contribution in [0.1, 0.15) is 33.6 Å². The summed E-state index contributed by atoms with van der Waals surface area (Å²) in [5.74, 6) is -1.29. The van der Waals surface area contributed by atoms with Gasteiger partial charge in [-0.1, -0.05) is 64.5 Å². The van der Waals surface area contributed by atoms with Crippen LogP contribution in [-0.4, -0.2) is 45.6 Å². The second kappa shape index (κ2) is 9.16. The molecule has 3 aliphatic heterocycles. The predicted octanol–water partition coefficient (Wildman–Crippen LogP) is 4.46. The van der Waals surface area contributed by atoms with Gasteiger partial charge in [0.15, 0.2) is 0 Å². The molecule has 8 heteroatoms. The van der Waals surface area contributed by atoms with Crippen LogP contribution in [0.15, 0.2) is 76.6 Å². The van der Waals surface area contributed by atoms with Crippen molar-refractivity contribution in [2.45, 2.75) is 37.5 Å². The molecule has 1 N–H and O–H groups in total. The summed E-state index contributed by atoms with van der Waals surface area (Å²) in [6, 6.07) is 21.1. The number of hydrogen-bond donors (Lipinski definition) is 1. The number of likely N-dealkylation sites (tertiary alicyclic amines) is 1. The van der Waals surface area contributed by atoms with Crippen LogP contribution in [0.3, 0.4) is 0 Å². The Morgan fingerprint density at radius 3 is 2.53 bits per heavy atom. The first kappa shape index (κ1) is 23.4. The zero-order valence-electron chi connectivity index (χ0n) is 19.6. The average molecular weight is 565 g/mol. The summed E-state index contributed by atoms with van der Waals surface area (Å²) in [7, 11) is 0. The van der Waals surface area contributed by atoms with E-state index in [1.165, 1.54) is 11.3 Å². The number of benzene rings is 2. The van der Waals surface area contributed by atoms with Crippen molar-refractivity contribution in [3.05, 3.63) is 92.6 Å². The zero-order valence-corrected chi connectivity index (χ0v) is 22.0. The van der Waals surface area contributed by atoms with Gasteiger partial charge in [-0.05, 0) is 47.5 Å². The minimum atomic E-state index is -0.642. The minimum absolute atomic E-state index is 0.0196. The average Bonchev–Trinajstić information content (AvgIpc) is 3.65. The molecule has 36 heavy (non-hydrogen) atoms. The predicted molar refractivity (Wildman–Crippen MR) is 141 cm³/mol. The van der Waals surface area contributed by atoms with E-state index in [0.717, 1.165) is 28.4 Å². The molecule has 0 unspecified atom stereocenters. The van der Waals surface area contributed by atoms with Gasteiger partial charge in [0.25, 0.3) is 5.91 Å². The molecule has 3 aromatic rings. The van der Waals surface area contributed by atoms with Crippen LogP contribution in [0.25, 0.3) is 0 Å². The van der Waals surface area contributed by atoms with E-state index < -0.39 is 17.4 Å². The summed E-state index contributed by atoms with van der Waals surface area (Å²) in [4.78, 5) is 45.7. The number of carbonyl (C=O) groups excluding carboxylic acids is 3. The monoisotopic (exact) mass is 563 g/mol. The second-order valence-corrected chi connectivity index (χ2v) is 11.8. The highest BCUT2D eigenvalue weighted by Crippen LogP contribution is 2.58. The number of thiophene rings is 1. The lowest BCUT2D eigenvalue weighted by Crippen LogP contribution is -2.49. The fourth-order valence-electron chi connectivity index (χ4n) is 6.47. The molecule has 6 nitrogen and oxygen atoms in total. The number of fused-ring (bicyclic) bond motifs is 1. The van der Waals surface area contributed by atoms with Crippen LogP contribution in [-0.2, 0) is 22.7 Å². The Morgan fingerprint density at radius 2 is 1.81 bits per heavy atom. The number of nitrogens with one attached hydrogen (secondary N) is 1. The maximum atomic E-state index is 13.9. The SMILES string of the molecule is O=C(NCc1ccc(Br)cc1)[C@H]1[C@H]2CC[C@]3(CN(Cc4ccccc4)C(=O)[C@H]13)N2C(=O)c1cccs1. The van der Waals surface area contributed by atoms with Crippen LogP contribution in [0.5, 0.6) is 0 Å². The molecular weight excluding hydrogens is 538 g/mol. The van der Waals surface area contributed by atoms with Crippen molar-refractivity contribution < 1.29 is 14.4 Å². The van der Waals surface area contributed by atoms with Crippen LogP contribution < -0.4 is 5.32 Å². The first-order chi connectivity index (χ1) is 17.5. The van der Waals surface area contributed by atoms with Gasteiger partial charge in [-0.25, -0.2) is 0 Å². The molecule has 1 aromatic heterocycles. The molecular formula is C28H26BrN3O3S. The van der Waals surface area contributed by atoms with Crippen molar-refractivity contribution in [2.24, 2.45) is 11.8 Å². The van der Waals surface area contributed by atoms with Crippen LogP contribution in [0.2, 0.25) is 0 Å². The largest absolute Gasteiger partial charge is 0.352 e. The third-order valence-electron chi connectivity index (χ3n) is 7.93. The second-order valence-electron chi connectivity index (χ2n) is 9.89. The van der Waals surface area contributed by atoms with E-state index in [4.69, 9.17) is 0 Å². The highest BCUT2D eigenvalue weighted by atomic mass is 79.9. The zero-order chi connectivity index (χ0) is 24.9. The number of hydrogen-bond acceptors (Lipinski definition) is 4. The van der Waals surface area contributed by atoms with Crippen LogP contribution in [0.4, 0.5) is 0 Å². The normalized spacial score (nSPS) is 26.4. The summed E-state index contributed by atoms with van der Waals surface area (Å²) in [5, 5.41) is 4.97. The summed E-state index contributed by atoms with van der Waals surface area (Å²) in [6.07, 6.45) is 1.48. The van der Waals surface area contributed by atoms with Gasteiger partial charge in [-0.2, -0.15) is 0 Å². The van der Waals surface area contributed by atoms with E-state index in [9.17, 15) is 14.4 Å². The first-order valence-electron chi connectivity index (χ1n) is 12.2. The summed E-state index contributed by atoms with van der Waals surface area (Å²) in [5.41, 5.74) is 1.39. The number of nitrogens with zero attached hydrogens (tertiary/aromatic N) is 2. The Hall–Kier alpha value is -2.97. The van der Waals surface area contributed by atoms with Gasteiger partial charge in [-0.15, -0.1) is 11.3 Å². The van der Waals surface area contributed by atoms with E-state index in [2.05, 4.69) is 21.2 Å². The lowest BCUT2D eigenvalue weighted by atomic mass is 9.72. The molecule has 4 atom stereocenters. The molecule has 3 saturated heterocycles. The third kappa shape index (κ3) is 3.78. The van der Waals surface area contributed by atoms with Crippen molar-refractivity contribution in [1.29, 1.82) is 0 Å². The Kier molecular flexibility index (Phi) is 5.96. The van der Waals surface area contributed by atoms with Gasteiger partial charge < -0.3 is 15.1 Å². The summed E-state index contributed by atoms with van der Waals surface area (Å²) in [6.45, 7) is 1.34. The van der Waals surface area contributed by atoms with Gasteiger partial charge in [0, 0.05) is 30.1 Å². The van der Waals surface area contributed by atoms with Gasteiger partial charge in [-0.3, -0.25) is 14.4 Å². The molecule has 3 aliphatic rings. The van der Waals surface area contributed by atoms with Gasteiger partial charge in [0.05, 0.1) is 22.3 Å². The van der Waals surface area contributed by atoms with Gasteiger partial charge >= 0.3 is 0 Å². The molecule has 4 heterocycles. The van der Waals surface area contributed by atoms with E-state index in [-0.39, 0.29) is 23.8 Å². The number of rotatable bonds is 6. The Bertz CT molecular complexity index is 1300. The smallest absolute Gasteiger partial charge is 0.264 e. The van der Waals surface area contributed by atoms with Crippen molar-refractivity contribution in [3.8, 4) is 0 Å². The molecule has 1 spiro atoms. The molecule has 0 aliphatic carbocycles. The molecule has 0 radical (unpaired) electrons. The highest BCUT2D eigenvalue weighted by Gasteiger charge is 2.72. The van der Waals surface area contributed by atoms with Crippen molar-refractivity contribution in [2.75, 3.05) is 6.54 Å². The molecule has 2 bridgehead atoms. The van der Waals surface area contributed by atoms with E-state index in [1.807, 2.05) is 81.9 Å². The fraction of sp³-hybridized carbons (Fsp3) is 0.321. The molecule has 3 fully saturated rings. The highest BCUT2D eigenvalue weighted by molar-refractivity contribution is 9.10. The van der Waals surface area contributed by atoms with Crippen molar-refractivity contribution in [3.63, 3.8) is 0 Å².